The molecule has 0 unspecified atom stereocenters. The van der Waals surface area contributed by atoms with Gasteiger partial charge in [0.05, 0.1) is 5.56 Å². The topological polar surface area (TPSA) is 51.5 Å². The number of para-hydroxylation sites is 2. The van der Waals surface area contributed by atoms with E-state index in [0.717, 1.165) is 45.0 Å². The molecule has 6 rings (SSSR count). The molecular weight excluding hydrogens is 470 g/mol. The van der Waals surface area contributed by atoms with E-state index < -0.39 is 0 Å². The number of benzene rings is 5. The number of furan rings is 1. The van der Waals surface area contributed by atoms with Crippen molar-refractivity contribution in [3.05, 3.63) is 138 Å². The maximum atomic E-state index is 13.6. The molecule has 0 aliphatic rings. The first-order valence-corrected chi connectivity index (χ1v) is 12.8. The van der Waals surface area contributed by atoms with E-state index in [-0.39, 0.29) is 5.91 Å². The summed E-state index contributed by atoms with van der Waals surface area (Å²) in [5.41, 5.74) is 6.08. The van der Waals surface area contributed by atoms with Gasteiger partial charge in [-0.05, 0) is 47.4 Å². The second-order valence-electron chi connectivity index (χ2n) is 9.25. The summed E-state index contributed by atoms with van der Waals surface area (Å²) < 4.78 is 12.4. The van der Waals surface area contributed by atoms with Gasteiger partial charge < -0.3 is 14.5 Å². The SMILES string of the molecule is O=C(NCCc1ccccc1)c1cc(OCc2ccccc2)ccc1-c1cccc2c1oc1ccccc12. The first-order chi connectivity index (χ1) is 18.8. The Morgan fingerprint density at radius 3 is 2.21 bits per heavy atom. The van der Waals surface area contributed by atoms with E-state index >= 15 is 0 Å². The van der Waals surface area contributed by atoms with Crippen LogP contribution in [0.25, 0.3) is 33.1 Å². The lowest BCUT2D eigenvalue weighted by Crippen LogP contribution is -2.26. The fourth-order valence-electron chi connectivity index (χ4n) is 4.80. The number of carbonyl (C=O) groups is 1. The van der Waals surface area contributed by atoms with E-state index in [0.29, 0.717) is 24.5 Å². The molecule has 0 spiro atoms. The fraction of sp³-hybridized carbons (Fsp3) is 0.0882. The number of fused-ring (bicyclic) bond motifs is 3. The van der Waals surface area contributed by atoms with Crippen molar-refractivity contribution >= 4 is 27.8 Å². The molecule has 4 heteroatoms. The molecule has 6 aromatic rings. The molecular formula is C34H27NO3. The lowest BCUT2D eigenvalue weighted by atomic mass is 9.96. The number of carbonyl (C=O) groups excluding carboxylic acids is 1. The minimum absolute atomic E-state index is 0.144. The fourth-order valence-corrected chi connectivity index (χ4v) is 4.80. The van der Waals surface area contributed by atoms with Crippen LogP contribution in [0.4, 0.5) is 0 Å². The Bertz CT molecular complexity index is 1700. The molecule has 1 heterocycles. The normalized spacial score (nSPS) is 11.1. The first-order valence-electron chi connectivity index (χ1n) is 12.8. The van der Waals surface area contributed by atoms with E-state index in [9.17, 15) is 4.79 Å². The summed E-state index contributed by atoms with van der Waals surface area (Å²) in [6, 6.07) is 39.9. The van der Waals surface area contributed by atoms with Crippen LogP contribution in [0, 0.1) is 0 Å². The van der Waals surface area contributed by atoms with Gasteiger partial charge in [-0.1, -0.05) is 97.1 Å². The summed E-state index contributed by atoms with van der Waals surface area (Å²) in [4.78, 5) is 13.6. The highest BCUT2D eigenvalue weighted by atomic mass is 16.5. The smallest absolute Gasteiger partial charge is 0.252 e. The molecule has 0 aliphatic carbocycles. The molecule has 0 aliphatic heterocycles. The number of amides is 1. The van der Waals surface area contributed by atoms with E-state index in [4.69, 9.17) is 9.15 Å². The van der Waals surface area contributed by atoms with Crippen LogP contribution >= 0.6 is 0 Å². The maximum Gasteiger partial charge on any atom is 0.252 e. The molecule has 0 saturated heterocycles. The predicted molar refractivity (Wildman–Crippen MR) is 152 cm³/mol. The van der Waals surface area contributed by atoms with Gasteiger partial charge in [0.25, 0.3) is 5.91 Å². The number of rotatable bonds is 8. The highest BCUT2D eigenvalue weighted by molar-refractivity contribution is 6.11. The van der Waals surface area contributed by atoms with Gasteiger partial charge in [-0.15, -0.1) is 0 Å². The van der Waals surface area contributed by atoms with Gasteiger partial charge in [0, 0.05) is 22.9 Å². The Morgan fingerprint density at radius 2 is 1.39 bits per heavy atom. The molecule has 0 fully saturated rings. The highest BCUT2D eigenvalue weighted by Gasteiger charge is 2.19. The zero-order valence-corrected chi connectivity index (χ0v) is 20.9. The predicted octanol–water partition coefficient (Wildman–Crippen LogP) is 7.80. The number of hydrogen-bond acceptors (Lipinski definition) is 3. The standard InChI is InChI=1S/C34H27NO3/c36-34(35-21-20-24-10-3-1-4-11-24)31-22-26(37-23-25-12-5-2-6-13-25)18-19-27(31)29-15-9-16-30-28-14-7-8-17-32(28)38-33(29)30/h1-19,22H,20-21,23H2,(H,35,36). The Balaban J connectivity index is 1.35. The summed E-state index contributed by atoms with van der Waals surface area (Å²) in [5.74, 6) is 0.497. The molecule has 4 nitrogen and oxygen atoms in total. The van der Waals surface area contributed by atoms with Crippen molar-refractivity contribution in [2.45, 2.75) is 13.0 Å². The Labute approximate surface area is 221 Å². The highest BCUT2D eigenvalue weighted by Crippen LogP contribution is 2.38. The zero-order valence-electron chi connectivity index (χ0n) is 20.9. The molecule has 0 bridgehead atoms. The molecule has 0 radical (unpaired) electrons. The third kappa shape index (κ3) is 4.89. The Morgan fingerprint density at radius 1 is 0.684 bits per heavy atom. The summed E-state index contributed by atoms with van der Waals surface area (Å²) in [6.45, 7) is 0.959. The van der Waals surface area contributed by atoms with Gasteiger partial charge in [-0.3, -0.25) is 4.79 Å². The van der Waals surface area contributed by atoms with Crippen molar-refractivity contribution in [1.82, 2.24) is 5.32 Å². The number of ether oxygens (including phenoxy) is 1. The number of hydrogen-bond donors (Lipinski definition) is 1. The monoisotopic (exact) mass is 497 g/mol. The summed E-state index contributed by atoms with van der Waals surface area (Å²) in [6.07, 6.45) is 0.755. The Hall–Kier alpha value is -4.83. The molecule has 1 aromatic heterocycles. The van der Waals surface area contributed by atoms with Gasteiger partial charge in [0.2, 0.25) is 0 Å². The van der Waals surface area contributed by atoms with E-state index in [2.05, 4.69) is 29.6 Å². The summed E-state index contributed by atoms with van der Waals surface area (Å²) >= 11 is 0. The summed E-state index contributed by atoms with van der Waals surface area (Å²) in [5, 5.41) is 5.19. The van der Waals surface area contributed by atoms with Gasteiger partial charge in [0.15, 0.2) is 0 Å². The lowest BCUT2D eigenvalue weighted by molar-refractivity contribution is 0.0954. The van der Waals surface area contributed by atoms with Crippen LogP contribution < -0.4 is 10.1 Å². The van der Waals surface area contributed by atoms with Crippen molar-refractivity contribution < 1.29 is 13.9 Å². The maximum absolute atomic E-state index is 13.6. The quantitative estimate of drug-likeness (QED) is 0.233. The molecule has 5 aromatic carbocycles. The first kappa shape index (κ1) is 23.6. The zero-order chi connectivity index (χ0) is 25.7. The van der Waals surface area contributed by atoms with E-state index in [1.165, 1.54) is 5.56 Å². The lowest BCUT2D eigenvalue weighted by Gasteiger charge is -2.14. The third-order valence-electron chi connectivity index (χ3n) is 6.72. The van der Waals surface area contributed by atoms with Crippen molar-refractivity contribution in [1.29, 1.82) is 0 Å². The third-order valence-corrected chi connectivity index (χ3v) is 6.72. The summed E-state index contributed by atoms with van der Waals surface area (Å²) in [7, 11) is 0. The molecule has 186 valence electrons. The average Bonchev–Trinajstić information content (AvgIpc) is 3.36. The van der Waals surface area contributed by atoms with E-state index in [1.807, 2.05) is 97.1 Å². The molecule has 38 heavy (non-hydrogen) atoms. The van der Waals surface area contributed by atoms with Crippen LogP contribution in [-0.2, 0) is 13.0 Å². The molecule has 1 amide bonds. The second-order valence-corrected chi connectivity index (χ2v) is 9.25. The van der Waals surface area contributed by atoms with Gasteiger partial charge >= 0.3 is 0 Å². The van der Waals surface area contributed by atoms with Crippen LogP contribution in [0.1, 0.15) is 21.5 Å². The second kappa shape index (κ2) is 10.7. The average molecular weight is 498 g/mol. The van der Waals surface area contributed by atoms with Crippen molar-refractivity contribution in [2.24, 2.45) is 0 Å². The van der Waals surface area contributed by atoms with Crippen LogP contribution in [0.3, 0.4) is 0 Å². The van der Waals surface area contributed by atoms with Crippen LogP contribution in [0.5, 0.6) is 5.75 Å². The molecule has 1 N–H and O–H groups in total. The molecule has 0 atom stereocenters. The van der Waals surface area contributed by atoms with Crippen LogP contribution in [0.2, 0.25) is 0 Å². The minimum Gasteiger partial charge on any atom is -0.489 e. The number of nitrogens with one attached hydrogen (secondary N) is 1. The largest absolute Gasteiger partial charge is 0.489 e. The van der Waals surface area contributed by atoms with Gasteiger partial charge in [-0.2, -0.15) is 0 Å². The minimum atomic E-state index is -0.144. The van der Waals surface area contributed by atoms with Crippen molar-refractivity contribution in [2.75, 3.05) is 6.54 Å². The van der Waals surface area contributed by atoms with Crippen molar-refractivity contribution in [3.8, 4) is 16.9 Å². The van der Waals surface area contributed by atoms with Crippen molar-refractivity contribution in [3.63, 3.8) is 0 Å². The molecule has 0 saturated carbocycles. The van der Waals surface area contributed by atoms with Gasteiger partial charge in [0.1, 0.15) is 23.5 Å². The van der Waals surface area contributed by atoms with E-state index in [1.54, 1.807) is 0 Å². The van der Waals surface area contributed by atoms with Crippen LogP contribution in [-0.4, -0.2) is 12.5 Å². The Kier molecular flexibility index (Phi) is 6.60. The van der Waals surface area contributed by atoms with Crippen LogP contribution in [0.15, 0.2) is 126 Å². The van der Waals surface area contributed by atoms with Gasteiger partial charge in [-0.25, -0.2) is 0 Å².